The Kier molecular flexibility index (Phi) is 3.64. The molecule has 0 aliphatic heterocycles. The SMILES string of the molecule is CC(C(=O)O)N(C(=O)CCn1ccnc1)C1CC1. The second kappa shape index (κ2) is 5.20. The number of carboxylic acids is 1. The van der Waals surface area contributed by atoms with E-state index < -0.39 is 12.0 Å². The highest BCUT2D eigenvalue weighted by molar-refractivity contribution is 5.83. The van der Waals surface area contributed by atoms with Crippen LogP contribution >= 0.6 is 0 Å². The van der Waals surface area contributed by atoms with Crippen molar-refractivity contribution in [1.82, 2.24) is 14.5 Å². The molecule has 98 valence electrons. The van der Waals surface area contributed by atoms with E-state index in [0.29, 0.717) is 13.0 Å². The number of aryl methyl sites for hydroxylation is 1. The molecule has 1 atom stereocenters. The molecule has 18 heavy (non-hydrogen) atoms. The third-order valence-corrected chi connectivity index (χ3v) is 3.15. The molecule has 2 rings (SSSR count). The largest absolute Gasteiger partial charge is 0.480 e. The van der Waals surface area contributed by atoms with Crippen LogP contribution in [0.3, 0.4) is 0 Å². The minimum absolute atomic E-state index is 0.0962. The zero-order valence-corrected chi connectivity index (χ0v) is 10.3. The summed E-state index contributed by atoms with van der Waals surface area (Å²) in [7, 11) is 0. The van der Waals surface area contributed by atoms with Crippen molar-refractivity contribution in [1.29, 1.82) is 0 Å². The molecule has 6 heteroatoms. The van der Waals surface area contributed by atoms with E-state index in [9.17, 15) is 9.59 Å². The quantitative estimate of drug-likeness (QED) is 0.809. The second-order valence-electron chi connectivity index (χ2n) is 4.60. The number of hydrogen-bond donors (Lipinski definition) is 1. The first-order valence-corrected chi connectivity index (χ1v) is 6.09. The predicted octanol–water partition coefficient (Wildman–Crippen LogP) is 0.737. The molecule has 0 bridgehead atoms. The summed E-state index contributed by atoms with van der Waals surface area (Å²) >= 11 is 0. The molecular weight excluding hydrogens is 234 g/mol. The van der Waals surface area contributed by atoms with Crippen molar-refractivity contribution in [3.8, 4) is 0 Å². The lowest BCUT2D eigenvalue weighted by molar-refractivity contribution is -0.150. The van der Waals surface area contributed by atoms with Gasteiger partial charge in [-0.15, -0.1) is 0 Å². The van der Waals surface area contributed by atoms with Crippen molar-refractivity contribution >= 4 is 11.9 Å². The van der Waals surface area contributed by atoms with Crippen LogP contribution in [0.15, 0.2) is 18.7 Å². The lowest BCUT2D eigenvalue weighted by Crippen LogP contribution is -2.44. The van der Waals surface area contributed by atoms with Crippen molar-refractivity contribution in [2.45, 2.75) is 44.8 Å². The third-order valence-electron chi connectivity index (χ3n) is 3.15. The molecule has 1 saturated carbocycles. The first-order chi connectivity index (χ1) is 8.59. The van der Waals surface area contributed by atoms with E-state index in [1.54, 1.807) is 25.6 Å². The fraction of sp³-hybridized carbons (Fsp3) is 0.583. The number of aromatic nitrogens is 2. The monoisotopic (exact) mass is 251 g/mol. The third kappa shape index (κ3) is 2.88. The van der Waals surface area contributed by atoms with Gasteiger partial charge in [-0.25, -0.2) is 9.78 Å². The van der Waals surface area contributed by atoms with Crippen molar-refractivity contribution < 1.29 is 14.7 Å². The van der Waals surface area contributed by atoms with Gasteiger partial charge < -0.3 is 14.6 Å². The van der Waals surface area contributed by atoms with E-state index in [-0.39, 0.29) is 11.9 Å². The lowest BCUT2D eigenvalue weighted by atomic mass is 10.2. The minimum atomic E-state index is -0.946. The molecule has 1 fully saturated rings. The maximum absolute atomic E-state index is 12.1. The molecule has 1 heterocycles. The van der Waals surface area contributed by atoms with E-state index in [4.69, 9.17) is 5.11 Å². The molecule has 0 saturated heterocycles. The smallest absolute Gasteiger partial charge is 0.326 e. The van der Waals surface area contributed by atoms with Crippen LogP contribution in [0.25, 0.3) is 0 Å². The van der Waals surface area contributed by atoms with Crippen LogP contribution in [0.2, 0.25) is 0 Å². The summed E-state index contributed by atoms with van der Waals surface area (Å²) in [4.78, 5) is 28.5. The van der Waals surface area contributed by atoms with E-state index in [1.807, 2.05) is 4.57 Å². The fourth-order valence-electron chi connectivity index (χ4n) is 1.98. The van der Waals surface area contributed by atoms with Gasteiger partial charge in [-0.3, -0.25) is 4.79 Å². The van der Waals surface area contributed by atoms with Gasteiger partial charge in [0.1, 0.15) is 6.04 Å². The van der Waals surface area contributed by atoms with Crippen LogP contribution in [0.4, 0.5) is 0 Å². The summed E-state index contributed by atoms with van der Waals surface area (Å²) < 4.78 is 1.81. The Bertz CT molecular complexity index is 426. The van der Waals surface area contributed by atoms with Gasteiger partial charge in [0.25, 0.3) is 0 Å². The average molecular weight is 251 g/mol. The number of hydrogen-bond acceptors (Lipinski definition) is 3. The van der Waals surface area contributed by atoms with Crippen LogP contribution in [0.5, 0.6) is 0 Å². The van der Waals surface area contributed by atoms with Gasteiger partial charge >= 0.3 is 5.97 Å². The number of carboxylic acid groups (broad SMARTS) is 1. The second-order valence-corrected chi connectivity index (χ2v) is 4.60. The summed E-state index contributed by atoms with van der Waals surface area (Å²) in [6.45, 7) is 2.10. The molecule has 1 aliphatic carbocycles. The Morgan fingerprint density at radius 2 is 2.28 bits per heavy atom. The highest BCUT2D eigenvalue weighted by Gasteiger charge is 2.37. The normalized spacial score (nSPS) is 16.3. The first-order valence-electron chi connectivity index (χ1n) is 6.09. The van der Waals surface area contributed by atoms with Crippen LogP contribution in [-0.2, 0) is 16.1 Å². The minimum Gasteiger partial charge on any atom is -0.480 e. The number of aliphatic carboxylic acids is 1. The highest BCUT2D eigenvalue weighted by Crippen LogP contribution is 2.29. The van der Waals surface area contributed by atoms with E-state index >= 15 is 0 Å². The summed E-state index contributed by atoms with van der Waals surface area (Å²) in [6.07, 6.45) is 7.22. The van der Waals surface area contributed by atoms with Gasteiger partial charge in [-0.05, 0) is 19.8 Å². The van der Waals surface area contributed by atoms with Crippen molar-refractivity contribution in [2.75, 3.05) is 0 Å². The molecule has 1 unspecified atom stereocenters. The first kappa shape index (κ1) is 12.6. The summed E-state index contributed by atoms with van der Waals surface area (Å²) in [5.74, 6) is -1.04. The molecule has 1 N–H and O–H groups in total. The summed E-state index contributed by atoms with van der Waals surface area (Å²) in [5, 5.41) is 9.02. The molecule has 6 nitrogen and oxygen atoms in total. The van der Waals surface area contributed by atoms with Gasteiger partial charge in [0.05, 0.1) is 6.33 Å². The highest BCUT2D eigenvalue weighted by atomic mass is 16.4. The predicted molar refractivity (Wildman–Crippen MR) is 63.8 cm³/mol. The van der Waals surface area contributed by atoms with E-state index in [2.05, 4.69) is 4.98 Å². The van der Waals surface area contributed by atoms with Crippen LogP contribution in [0, 0.1) is 0 Å². The Labute approximate surface area is 105 Å². The van der Waals surface area contributed by atoms with Crippen molar-refractivity contribution in [3.63, 3.8) is 0 Å². The number of amides is 1. The molecule has 0 radical (unpaired) electrons. The van der Waals surface area contributed by atoms with Crippen LogP contribution in [-0.4, -0.2) is 43.5 Å². The maximum atomic E-state index is 12.1. The standard InChI is InChI=1S/C12H17N3O3/c1-9(12(17)18)15(10-2-3-10)11(16)4-6-14-7-5-13-8-14/h5,7-10H,2-4,6H2,1H3,(H,17,18). The molecular formula is C12H17N3O3. The number of nitrogens with zero attached hydrogens (tertiary/aromatic N) is 3. The zero-order chi connectivity index (χ0) is 13.1. The number of rotatable bonds is 6. The summed E-state index contributed by atoms with van der Waals surface area (Å²) in [5.41, 5.74) is 0. The molecule has 1 aromatic rings. The zero-order valence-electron chi connectivity index (χ0n) is 10.3. The topological polar surface area (TPSA) is 75.4 Å². The van der Waals surface area contributed by atoms with Gasteiger partial charge in [0.2, 0.25) is 5.91 Å². The van der Waals surface area contributed by atoms with E-state index in [0.717, 1.165) is 12.8 Å². The molecule has 1 amide bonds. The number of imidazole rings is 1. The maximum Gasteiger partial charge on any atom is 0.326 e. The molecule has 1 aliphatic rings. The summed E-state index contributed by atoms with van der Waals surface area (Å²) in [6, 6.07) is -0.626. The van der Waals surface area contributed by atoms with Gasteiger partial charge in [-0.2, -0.15) is 0 Å². The molecule has 0 aromatic carbocycles. The average Bonchev–Trinajstić information content (AvgIpc) is 3.02. The van der Waals surface area contributed by atoms with Gasteiger partial charge in [-0.1, -0.05) is 0 Å². The Morgan fingerprint density at radius 1 is 1.56 bits per heavy atom. The molecule has 0 spiro atoms. The number of carbonyl (C=O) groups excluding carboxylic acids is 1. The van der Waals surface area contributed by atoms with Crippen molar-refractivity contribution in [2.24, 2.45) is 0 Å². The van der Waals surface area contributed by atoms with Crippen LogP contribution in [0.1, 0.15) is 26.2 Å². The molecule has 1 aromatic heterocycles. The van der Waals surface area contributed by atoms with Crippen LogP contribution < -0.4 is 0 Å². The number of carbonyl (C=O) groups is 2. The Balaban J connectivity index is 1.93. The Morgan fingerprint density at radius 3 is 2.78 bits per heavy atom. The Hall–Kier alpha value is -1.85. The lowest BCUT2D eigenvalue weighted by Gasteiger charge is -2.26. The van der Waals surface area contributed by atoms with Crippen molar-refractivity contribution in [3.05, 3.63) is 18.7 Å². The van der Waals surface area contributed by atoms with Gasteiger partial charge in [0.15, 0.2) is 0 Å². The van der Waals surface area contributed by atoms with E-state index in [1.165, 1.54) is 4.90 Å². The van der Waals surface area contributed by atoms with Gasteiger partial charge in [0, 0.05) is 31.4 Å². The fourth-order valence-corrected chi connectivity index (χ4v) is 1.98.